The van der Waals surface area contributed by atoms with Gasteiger partial charge in [-0.2, -0.15) is 5.10 Å². The third-order valence-electron chi connectivity index (χ3n) is 4.34. The summed E-state index contributed by atoms with van der Waals surface area (Å²) in [5, 5.41) is 16.2. The zero-order valence-electron chi connectivity index (χ0n) is 14.6. The second kappa shape index (κ2) is 8.57. The van der Waals surface area contributed by atoms with E-state index in [-0.39, 0.29) is 12.3 Å². The molecule has 0 spiro atoms. The number of nitrogens with one attached hydrogen (secondary N) is 1. The molecule has 2 aromatic rings. The SMILES string of the molecule is O=C(O)CCc1cc2n(n1)CCCN(CCC(=O)Nc1cccnc1)C2. The topological polar surface area (TPSA) is 100 Å². The van der Waals surface area contributed by atoms with E-state index in [1.165, 1.54) is 0 Å². The average molecular weight is 357 g/mol. The van der Waals surface area contributed by atoms with Crippen molar-refractivity contribution in [3.8, 4) is 0 Å². The molecular weight excluding hydrogens is 334 g/mol. The number of hydrogen-bond donors (Lipinski definition) is 2. The molecule has 0 saturated carbocycles. The molecule has 8 nitrogen and oxygen atoms in total. The molecule has 0 fully saturated rings. The van der Waals surface area contributed by atoms with Gasteiger partial charge in [0.1, 0.15) is 0 Å². The number of aromatic nitrogens is 3. The maximum absolute atomic E-state index is 12.1. The number of carboxylic acid groups (broad SMARTS) is 1. The monoisotopic (exact) mass is 357 g/mol. The molecule has 0 bridgehead atoms. The predicted octanol–water partition coefficient (Wildman–Crippen LogP) is 1.53. The molecule has 26 heavy (non-hydrogen) atoms. The first-order valence-electron chi connectivity index (χ1n) is 8.80. The number of pyridine rings is 1. The predicted molar refractivity (Wildman–Crippen MR) is 95.6 cm³/mol. The van der Waals surface area contributed by atoms with E-state index in [1.807, 2.05) is 16.8 Å². The number of amides is 1. The van der Waals surface area contributed by atoms with Crippen LogP contribution in [-0.4, -0.2) is 49.7 Å². The lowest BCUT2D eigenvalue weighted by atomic mass is 10.2. The number of aliphatic carboxylic acids is 1. The molecular formula is C18H23N5O3. The molecule has 0 unspecified atom stereocenters. The van der Waals surface area contributed by atoms with Crippen LogP contribution in [0, 0.1) is 0 Å². The molecule has 0 radical (unpaired) electrons. The fourth-order valence-corrected chi connectivity index (χ4v) is 3.06. The van der Waals surface area contributed by atoms with E-state index in [0.29, 0.717) is 25.1 Å². The minimum absolute atomic E-state index is 0.0297. The number of carbonyl (C=O) groups excluding carboxylic acids is 1. The van der Waals surface area contributed by atoms with Crippen molar-refractivity contribution in [2.45, 2.75) is 38.8 Å². The van der Waals surface area contributed by atoms with Gasteiger partial charge in [-0.1, -0.05) is 0 Å². The molecule has 0 atom stereocenters. The van der Waals surface area contributed by atoms with Crippen LogP contribution in [-0.2, 0) is 29.1 Å². The minimum atomic E-state index is -0.811. The third kappa shape index (κ3) is 5.13. The van der Waals surface area contributed by atoms with Gasteiger partial charge < -0.3 is 10.4 Å². The van der Waals surface area contributed by atoms with E-state index >= 15 is 0 Å². The Morgan fingerprint density at radius 2 is 2.15 bits per heavy atom. The molecule has 3 heterocycles. The van der Waals surface area contributed by atoms with Gasteiger partial charge in [0.15, 0.2) is 0 Å². The average Bonchev–Trinajstić information content (AvgIpc) is 2.90. The largest absolute Gasteiger partial charge is 0.481 e. The fraction of sp³-hybridized carbons (Fsp3) is 0.444. The smallest absolute Gasteiger partial charge is 0.303 e. The summed E-state index contributed by atoms with van der Waals surface area (Å²) in [4.78, 5) is 29.0. The van der Waals surface area contributed by atoms with Crippen molar-refractivity contribution in [1.82, 2.24) is 19.7 Å². The molecule has 2 aromatic heterocycles. The van der Waals surface area contributed by atoms with Crippen LogP contribution in [0.3, 0.4) is 0 Å². The van der Waals surface area contributed by atoms with Crippen LogP contribution in [0.1, 0.15) is 30.7 Å². The number of carbonyl (C=O) groups is 2. The van der Waals surface area contributed by atoms with Gasteiger partial charge in [-0.25, -0.2) is 0 Å². The molecule has 1 aliphatic heterocycles. The van der Waals surface area contributed by atoms with Crippen molar-refractivity contribution in [2.75, 3.05) is 18.4 Å². The van der Waals surface area contributed by atoms with Crippen molar-refractivity contribution in [3.05, 3.63) is 42.0 Å². The first-order chi connectivity index (χ1) is 12.6. The van der Waals surface area contributed by atoms with Crippen molar-refractivity contribution >= 4 is 17.6 Å². The summed E-state index contributed by atoms with van der Waals surface area (Å²) in [6, 6.07) is 5.58. The molecule has 8 heteroatoms. The van der Waals surface area contributed by atoms with Gasteiger partial charge >= 0.3 is 5.97 Å². The summed E-state index contributed by atoms with van der Waals surface area (Å²) < 4.78 is 1.97. The highest BCUT2D eigenvalue weighted by Crippen LogP contribution is 2.15. The van der Waals surface area contributed by atoms with Crippen LogP contribution in [0.5, 0.6) is 0 Å². The molecule has 138 valence electrons. The second-order valence-electron chi connectivity index (χ2n) is 6.41. The molecule has 1 aliphatic rings. The number of aryl methyl sites for hydroxylation is 2. The number of hydrogen-bond acceptors (Lipinski definition) is 5. The lowest BCUT2D eigenvalue weighted by Crippen LogP contribution is -2.27. The van der Waals surface area contributed by atoms with Gasteiger partial charge in [-0.3, -0.25) is 24.2 Å². The second-order valence-corrected chi connectivity index (χ2v) is 6.41. The maximum atomic E-state index is 12.1. The Balaban J connectivity index is 1.52. The highest BCUT2D eigenvalue weighted by Gasteiger charge is 2.17. The summed E-state index contributed by atoms with van der Waals surface area (Å²) in [6.45, 7) is 3.12. The summed E-state index contributed by atoms with van der Waals surface area (Å²) in [5.74, 6) is -0.840. The molecule has 0 saturated heterocycles. The van der Waals surface area contributed by atoms with Gasteiger partial charge in [-0.05, 0) is 24.6 Å². The highest BCUT2D eigenvalue weighted by molar-refractivity contribution is 5.90. The van der Waals surface area contributed by atoms with Crippen LogP contribution in [0.4, 0.5) is 5.69 Å². The Bertz CT molecular complexity index is 759. The standard InChI is InChI=1S/C18H23N5O3/c24-17(20-15-3-1-7-19-12-15)6-10-22-8-2-9-23-16(13-22)11-14(21-23)4-5-18(25)26/h1,3,7,11-12H,2,4-6,8-10,13H2,(H,20,24)(H,25,26). The molecule has 2 N–H and O–H groups in total. The van der Waals surface area contributed by atoms with Gasteiger partial charge in [0.2, 0.25) is 5.91 Å². The fourth-order valence-electron chi connectivity index (χ4n) is 3.06. The number of rotatable bonds is 7. The van der Waals surface area contributed by atoms with Gasteiger partial charge in [0.05, 0.1) is 29.7 Å². The number of carboxylic acids is 1. The van der Waals surface area contributed by atoms with Crippen LogP contribution in [0.2, 0.25) is 0 Å². The van der Waals surface area contributed by atoms with Crippen molar-refractivity contribution in [3.63, 3.8) is 0 Å². The first-order valence-corrected chi connectivity index (χ1v) is 8.80. The molecule has 0 aromatic carbocycles. The van der Waals surface area contributed by atoms with E-state index in [1.54, 1.807) is 18.5 Å². The van der Waals surface area contributed by atoms with E-state index in [2.05, 4.69) is 20.3 Å². The zero-order chi connectivity index (χ0) is 18.4. The Morgan fingerprint density at radius 3 is 2.92 bits per heavy atom. The first kappa shape index (κ1) is 18.1. The normalized spacial score (nSPS) is 14.5. The minimum Gasteiger partial charge on any atom is -0.481 e. The van der Waals surface area contributed by atoms with Crippen LogP contribution in [0.15, 0.2) is 30.6 Å². The quantitative estimate of drug-likeness (QED) is 0.779. The Kier molecular flexibility index (Phi) is 5.96. The Hall–Kier alpha value is -2.74. The van der Waals surface area contributed by atoms with Gasteiger partial charge in [0.25, 0.3) is 0 Å². The van der Waals surface area contributed by atoms with Crippen molar-refractivity contribution in [2.24, 2.45) is 0 Å². The highest BCUT2D eigenvalue weighted by atomic mass is 16.4. The molecule has 1 amide bonds. The third-order valence-corrected chi connectivity index (χ3v) is 4.34. The van der Waals surface area contributed by atoms with Crippen molar-refractivity contribution < 1.29 is 14.7 Å². The number of anilines is 1. The van der Waals surface area contributed by atoms with Crippen LogP contribution >= 0.6 is 0 Å². The Labute approximate surface area is 151 Å². The summed E-state index contributed by atoms with van der Waals surface area (Å²) in [7, 11) is 0. The maximum Gasteiger partial charge on any atom is 0.303 e. The van der Waals surface area contributed by atoms with E-state index in [0.717, 1.165) is 37.4 Å². The summed E-state index contributed by atoms with van der Waals surface area (Å²) in [6.07, 6.45) is 5.20. The molecule has 0 aliphatic carbocycles. The number of nitrogens with zero attached hydrogens (tertiary/aromatic N) is 4. The summed E-state index contributed by atoms with van der Waals surface area (Å²) in [5.41, 5.74) is 2.60. The zero-order valence-corrected chi connectivity index (χ0v) is 14.6. The summed E-state index contributed by atoms with van der Waals surface area (Å²) >= 11 is 0. The lowest BCUT2D eigenvalue weighted by molar-refractivity contribution is -0.137. The van der Waals surface area contributed by atoms with Gasteiger partial charge in [-0.15, -0.1) is 0 Å². The lowest BCUT2D eigenvalue weighted by Gasteiger charge is -2.19. The van der Waals surface area contributed by atoms with E-state index in [9.17, 15) is 9.59 Å². The number of fused-ring (bicyclic) bond motifs is 1. The van der Waals surface area contributed by atoms with E-state index < -0.39 is 5.97 Å². The van der Waals surface area contributed by atoms with Crippen molar-refractivity contribution in [1.29, 1.82) is 0 Å². The Morgan fingerprint density at radius 1 is 1.27 bits per heavy atom. The van der Waals surface area contributed by atoms with Crippen LogP contribution < -0.4 is 5.32 Å². The van der Waals surface area contributed by atoms with Gasteiger partial charge in [0, 0.05) is 45.2 Å². The molecule has 3 rings (SSSR count). The van der Waals surface area contributed by atoms with E-state index in [4.69, 9.17) is 5.11 Å². The van der Waals surface area contributed by atoms with Crippen LogP contribution in [0.25, 0.3) is 0 Å².